The van der Waals surface area contributed by atoms with Crippen LogP contribution >= 0.6 is 0 Å². The monoisotopic (exact) mass is 387 g/mol. The second-order valence-electron chi connectivity index (χ2n) is 5.76. The van der Waals surface area contributed by atoms with Crippen LogP contribution in [-0.4, -0.2) is 33.0 Å². The third kappa shape index (κ3) is 3.78. The second-order valence-corrected chi connectivity index (χ2v) is 7.81. The molecule has 0 saturated heterocycles. The maximum absolute atomic E-state index is 12.8. The first-order valence-corrected chi connectivity index (χ1v) is 9.14. The third-order valence-electron chi connectivity index (χ3n) is 3.88. The molecule has 0 amide bonds. The highest BCUT2D eigenvalue weighted by molar-refractivity contribution is 7.89. The Morgan fingerprint density at radius 2 is 1.73 bits per heavy atom. The number of ether oxygens (including phenoxy) is 2. The van der Waals surface area contributed by atoms with E-state index in [0.717, 1.165) is 16.4 Å². The van der Waals surface area contributed by atoms with Crippen molar-refractivity contribution >= 4 is 10.0 Å². The van der Waals surface area contributed by atoms with Crippen molar-refractivity contribution in [1.29, 1.82) is 0 Å². The summed E-state index contributed by atoms with van der Waals surface area (Å²) in [6, 6.07) is 8.82. The Morgan fingerprint density at radius 1 is 1.04 bits per heavy atom. The van der Waals surface area contributed by atoms with Crippen LogP contribution < -0.4 is 9.47 Å². The summed E-state index contributed by atoms with van der Waals surface area (Å²) in [4.78, 5) is -0.0174. The number of benzene rings is 2. The molecule has 1 heterocycles. The lowest BCUT2D eigenvalue weighted by atomic mass is 10.1. The summed E-state index contributed by atoms with van der Waals surface area (Å²) < 4.78 is 75.6. The average molecular weight is 387 g/mol. The predicted octanol–water partition coefficient (Wildman–Crippen LogP) is 3.30. The summed E-state index contributed by atoms with van der Waals surface area (Å²) in [5.41, 5.74) is -0.580. The molecule has 140 valence electrons. The first kappa shape index (κ1) is 18.5. The predicted molar refractivity (Wildman–Crippen MR) is 87.5 cm³/mol. The molecular formula is C17H16F3NO4S. The van der Waals surface area contributed by atoms with Gasteiger partial charge in [-0.05, 0) is 23.8 Å². The van der Waals surface area contributed by atoms with Crippen molar-refractivity contribution in [1.82, 2.24) is 4.31 Å². The number of hydrogen-bond acceptors (Lipinski definition) is 4. The Bertz CT molecular complexity index is 912. The molecule has 0 aliphatic carbocycles. The number of fused-ring (bicyclic) bond motifs is 1. The van der Waals surface area contributed by atoms with Gasteiger partial charge in [-0.3, -0.25) is 0 Å². The van der Waals surface area contributed by atoms with E-state index in [2.05, 4.69) is 0 Å². The molecule has 2 aromatic carbocycles. The zero-order chi connectivity index (χ0) is 18.9. The largest absolute Gasteiger partial charge is 0.486 e. The normalized spacial score (nSPS) is 14.5. The van der Waals surface area contributed by atoms with E-state index in [1.807, 2.05) is 0 Å². The highest BCUT2D eigenvalue weighted by Crippen LogP contribution is 2.33. The molecule has 0 atom stereocenters. The zero-order valence-corrected chi connectivity index (χ0v) is 14.6. The van der Waals surface area contributed by atoms with Crippen LogP contribution in [0.4, 0.5) is 13.2 Å². The molecule has 3 rings (SSSR count). The van der Waals surface area contributed by atoms with Gasteiger partial charge in [0.2, 0.25) is 10.0 Å². The standard InChI is InChI=1S/C17H16F3NO4S/c1-21(11-12-3-2-4-13(9-12)17(18,19)20)26(22,23)14-5-6-15-16(10-14)25-8-7-24-15/h2-6,9-10H,7-8,11H2,1H3. The van der Waals surface area contributed by atoms with Crippen LogP contribution in [0.5, 0.6) is 11.5 Å². The molecular weight excluding hydrogens is 371 g/mol. The van der Waals surface area contributed by atoms with Crippen molar-refractivity contribution in [3.05, 3.63) is 53.6 Å². The molecule has 0 aromatic heterocycles. The summed E-state index contributed by atoms with van der Waals surface area (Å²) in [6.45, 7) is 0.506. The summed E-state index contributed by atoms with van der Waals surface area (Å²) in [7, 11) is -2.59. The minimum Gasteiger partial charge on any atom is -0.486 e. The smallest absolute Gasteiger partial charge is 0.416 e. The molecule has 0 N–H and O–H groups in total. The maximum Gasteiger partial charge on any atom is 0.416 e. The molecule has 1 aliphatic rings. The lowest BCUT2D eigenvalue weighted by molar-refractivity contribution is -0.137. The summed E-state index contributed by atoms with van der Waals surface area (Å²) >= 11 is 0. The first-order valence-electron chi connectivity index (χ1n) is 7.70. The summed E-state index contributed by atoms with van der Waals surface area (Å²) in [5, 5.41) is 0. The molecule has 0 radical (unpaired) electrons. The van der Waals surface area contributed by atoms with Crippen molar-refractivity contribution in [3.63, 3.8) is 0 Å². The molecule has 0 fully saturated rings. The minimum atomic E-state index is -4.48. The van der Waals surface area contributed by atoms with E-state index in [1.54, 1.807) is 0 Å². The quantitative estimate of drug-likeness (QED) is 0.808. The Balaban J connectivity index is 1.84. The van der Waals surface area contributed by atoms with Crippen molar-refractivity contribution < 1.29 is 31.1 Å². The fraction of sp³-hybridized carbons (Fsp3) is 0.294. The van der Waals surface area contributed by atoms with Crippen molar-refractivity contribution in [2.75, 3.05) is 20.3 Å². The molecule has 0 spiro atoms. The van der Waals surface area contributed by atoms with Gasteiger partial charge in [0.05, 0.1) is 10.5 Å². The Kier molecular flexibility index (Phi) is 4.85. The van der Waals surface area contributed by atoms with Crippen molar-refractivity contribution in [2.45, 2.75) is 17.6 Å². The molecule has 0 unspecified atom stereocenters. The summed E-state index contributed by atoms with van der Waals surface area (Å²) in [5.74, 6) is 0.778. The van der Waals surface area contributed by atoms with Gasteiger partial charge >= 0.3 is 6.18 Å². The van der Waals surface area contributed by atoms with Gasteiger partial charge in [0, 0.05) is 19.7 Å². The Hall–Kier alpha value is -2.26. The number of alkyl halides is 3. The fourth-order valence-corrected chi connectivity index (χ4v) is 3.73. The van der Waals surface area contributed by atoms with E-state index in [4.69, 9.17) is 9.47 Å². The van der Waals surface area contributed by atoms with Crippen LogP contribution in [0.15, 0.2) is 47.4 Å². The zero-order valence-electron chi connectivity index (χ0n) is 13.8. The molecule has 5 nitrogen and oxygen atoms in total. The second kappa shape index (κ2) is 6.81. The number of halogens is 3. The fourth-order valence-electron chi connectivity index (χ4n) is 2.55. The Morgan fingerprint density at radius 3 is 2.42 bits per heavy atom. The van der Waals surface area contributed by atoms with Crippen molar-refractivity contribution in [3.8, 4) is 11.5 Å². The van der Waals surface area contributed by atoms with Gasteiger partial charge in [-0.1, -0.05) is 18.2 Å². The molecule has 1 aliphatic heterocycles. The van der Waals surface area contributed by atoms with E-state index >= 15 is 0 Å². The van der Waals surface area contributed by atoms with Gasteiger partial charge in [0.25, 0.3) is 0 Å². The van der Waals surface area contributed by atoms with Gasteiger partial charge in [-0.25, -0.2) is 8.42 Å². The highest BCUT2D eigenvalue weighted by Gasteiger charge is 2.31. The van der Waals surface area contributed by atoms with Crippen LogP contribution in [0.25, 0.3) is 0 Å². The minimum absolute atomic E-state index is 0.0174. The van der Waals surface area contributed by atoms with Crippen LogP contribution in [0.2, 0.25) is 0 Å². The van der Waals surface area contributed by atoms with Gasteiger partial charge in [0.1, 0.15) is 13.2 Å². The van der Waals surface area contributed by atoms with E-state index in [0.29, 0.717) is 24.7 Å². The lowest BCUT2D eigenvalue weighted by Crippen LogP contribution is -2.27. The van der Waals surface area contributed by atoms with Gasteiger partial charge < -0.3 is 9.47 Å². The van der Waals surface area contributed by atoms with E-state index in [1.165, 1.54) is 37.4 Å². The third-order valence-corrected chi connectivity index (χ3v) is 5.68. The molecule has 0 saturated carbocycles. The molecule has 9 heteroatoms. The van der Waals surface area contributed by atoms with Gasteiger partial charge in [-0.15, -0.1) is 0 Å². The van der Waals surface area contributed by atoms with E-state index in [-0.39, 0.29) is 17.0 Å². The number of rotatable bonds is 4. The molecule has 2 aromatic rings. The number of hydrogen-bond donors (Lipinski definition) is 0. The van der Waals surface area contributed by atoms with Gasteiger partial charge in [-0.2, -0.15) is 17.5 Å². The van der Waals surface area contributed by atoms with Crippen LogP contribution in [0, 0.1) is 0 Å². The van der Waals surface area contributed by atoms with E-state index in [9.17, 15) is 21.6 Å². The number of nitrogens with zero attached hydrogens (tertiary/aromatic N) is 1. The average Bonchev–Trinajstić information content (AvgIpc) is 2.60. The lowest BCUT2D eigenvalue weighted by Gasteiger charge is -2.21. The van der Waals surface area contributed by atoms with Crippen molar-refractivity contribution in [2.24, 2.45) is 0 Å². The summed E-state index contributed by atoms with van der Waals surface area (Å²) in [6.07, 6.45) is -4.48. The highest BCUT2D eigenvalue weighted by atomic mass is 32.2. The van der Waals surface area contributed by atoms with Crippen LogP contribution in [0.3, 0.4) is 0 Å². The van der Waals surface area contributed by atoms with E-state index < -0.39 is 21.8 Å². The molecule has 26 heavy (non-hydrogen) atoms. The first-order chi connectivity index (χ1) is 12.2. The number of sulfonamides is 1. The maximum atomic E-state index is 12.8. The van der Waals surface area contributed by atoms with Crippen LogP contribution in [0.1, 0.15) is 11.1 Å². The molecule has 0 bridgehead atoms. The van der Waals surface area contributed by atoms with Crippen LogP contribution in [-0.2, 0) is 22.7 Å². The van der Waals surface area contributed by atoms with Gasteiger partial charge in [0.15, 0.2) is 11.5 Å². The SMILES string of the molecule is CN(Cc1cccc(C(F)(F)F)c1)S(=O)(=O)c1ccc2c(c1)OCCO2. The Labute approximate surface area is 149 Å². The topological polar surface area (TPSA) is 55.8 Å².